The number of methoxy groups -OCH3 is 1. The Morgan fingerprint density at radius 2 is 1.82 bits per heavy atom. The molecule has 10 nitrogen and oxygen atoms in total. The van der Waals surface area contributed by atoms with Crippen LogP contribution in [0.2, 0.25) is 0 Å². The van der Waals surface area contributed by atoms with Gasteiger partial charge in [-0.25, -0.2) is 17.6 Å². The van der Waals surface area contributed by atoms with Crippen molar-refractivity contribution in [3.05, 3.63) is 59.9 Å². The summed E-state index contributed by atoms with van der Waals surface area (Å²) in [5.41, 5.74) is 0.829. The Balaban J connectivity index is 1.58. The van der Waals surface area contributed by atoms with E-state index in [4.69, 9.17) is 18.9 Å². The maximum absolute atomic E-state index is 14.9. The molecule has 0 radical (unpaired) electrons. The van der Waals surface area contributed by atoms with Crippen LogP contribution in [0.15, 0.2) is 53.4 Å². The van der Waals surface area contributed by atoms with E-state index in [0.29, 0.717) is 12.8 Å². The van der Waals surface area contributed by atoms with Gasteiger partial charge in [0, 0.05) is 19.7 Å². The number of fused-ring (bicyclic) bond motifs is 2. The quantitative estimate of drug-likeness (QED) is 0.328. The van der Waals surface area contributed by atoms with Gasteiger partial charge in [-0.1, -0.05) is 30.3 Å². The Bertz CT molecular complexity index is 1240. The van der Waals surface area contributed by atoms with Crippen molar-refractivity contribution >= 4 is 22.1 Å². The number of hydrogen-bond acceptors (Lipinski definition) is 8. The van der Waals surface area contributed by atoms with Gasteiger partial charge in [-0.05, 0) is 43.5 Å². The minimum absolute atomic E-state index is 0.0231. The molecule has 0 aliphatic carbocycles. The first-order chi connectivity index (χ1) is 18.3. The molecule has 2 saturated heterocycles. The van der Waals surface area contributed by atoms with Crippen molar-refractivity contribution < 1.29 is 41.3 Å². The number of esters is 1. The van der Waals surface area contributed by atoms with Crippen molar-refractivity contribution in [2.75, 3.05) is 33.5 Å². The minimum Gasteiger partial charge on any atom is -0.486 e. The lowest BCUT2D eigenvalue weighted by Gasteiger charge is -2.44. The third-order valence-electron chi connectivity index (χ3n) is 6.61. The van der Waals surface area contributed by atoms with Crippen molar-refractivity contribution in [1.29, 1.82) is 0 Å². The van der Waals surface area contributed by atoms with Crippen molar-refractivity contribution in [3.63, 3.8) is 0 Å². The number of sulfonamides is 1. The van der Waals surface area contributed by atoms with Gasteiger partial charge in [0.1, 0.15) is 19.3 Å². The summed E-state index contributed by atoms with van der Waals surface area (Å²) in [6.07, 6.45) is 0.221. The molecule has 2 heterocycles. The Morgan fingerprint density at radius 1 is 1.05 bits per heavy atom. The molecule has 3 atom stereocenters. The lowest BCUT2D eigenvalue weighted by Crippen LogP contribution is -2.65. The van der Waals surface area contributed by atoms with Crippen molar-refractivity contribution in [3.8, 4) is 5.75 Å². The number of hydrogen-bond donors (Lipinski definition) is 0. The number of piperazine rings is 1. The van der Waals surface area contributed by atoms with Crippen LogP contribution in [0.25, 0.3) is 0 Å². The number of carbonyl (C=O) groups excluding carboxylic acids is 2. The van der Waals surface area contributed by atoms with E-state index in [-0.39, 0.29) is 43.6 Å². The zero-order valence-electron chi connectivity index (χ0n) is 21.2. The molecule has 2 aromatic carbocycles. The molecule has 2 fully saturated rings. The van der Waals surface area contributed by atoms with Crippen LogP contribution in [0.3, 0.4) is 0 Å². The highest BCUT2D eigenvalue weighted by atomic mass is 32.2. The van der Waals surface area contributed by atoms with Gasteiger partial charge >= 0.3 is 12.1 Å². The van der Waals surface area contributed by atoms with Gasteiger partial charge in [0.25, 0.3) is 0 Å². The molecule has 38 heavy (non-hydrogen) atoms. The molecule has 0 unspecified atom stereocenters. The fraction of sp³-hybridized carbons (Fsp3) is 0.462. The van der Waals surface area contributed by atoms with Gasteiger partial charge in [-0.3, -0.25) is 9.69 Å². The van der Waals surface area contributed by atoms with Crippen molar-refractivity contribution in [2.24, 2.45) is 0 Å². The maximum atomic E-state index is 14.9. The summed E-state index contributed by atoms with van der Waals surface area (Å²) in [4.78, 5) is 26.9. The van der Waals surface area contributed by atoms with Gasteiger partial charge in [-0.2, -0.15) is 4.31 Å². The van der Waals surface area contributed by atoms with Gasteiger partial charge in [0.15, 0.2) is 11.6 Å². The Morgan fingerprint density at radius 3 is 2.50 bits per heavy atom. The summed E-state index contributed by atoms with van der Waals surface area (Å²) in [5, 5.41) is 0. The second-order valence-corrected chi connectivity index (χ2v) is 10.8. The van der Waals surface area contributed by atoms with Crippen LogP contribution in [-0.4, -0.2) is 81.3 Å². The molecule has 2 bridgehead atoms. The Hall–Kier alpha value is -3.22. The van der Waals surface area contributed by atoms with E-state index in [0.717, 1.165) is 15.9 Å². The van der Waals surface area contributed by atoms with E-state index in [2.05, 4.69) is 0 Å². The van der Waals surface area contributed by atoms with Crippen molar-refractivity contribution in [2.45, 2.75) is 49.4 Å². The monoisotopic (exact) mass is 550 g/mol. The summed E-state index contributed by atoms with van der Waals surface area (Å²) in [6.45, 7) is 1.82. The number of nitrogens with zero attached hydrogens (tertiary/aromatic N) is 2. The molecule has 4 rings (SSSR count). The molecule has 2 aromatic rings. The normalized spacial score (nSPS) is 21.2. The van der Waals surface area contributed by atoms with Gasteiger partial charge in [0.05, 0.1) is 24.2 Å². The third-order valence-corrected chi connectivity index (χ3v) is 8.45. The second-order valence-electron chi connectivity index (χ2n) is 8.95. The maximum Gasteiger partial charge on any atom is 0.410 e. The Kier molecular flexibility index (Phi) is 8.85. The molecule has 0 aromatic heterocycles. The molecule has 12 heteroatoms. The zero-order valence-corrected chi connectivity index (χ0v) is 22.1. The predicted molar refractivity (Wildman–Crippen MR) is 133 cm³/mol. The average molecular weight is 551 g/mol. The highest BCUT2D eigenvalue weighted by molar-refractivity contribution is 7.89. The van der Waals surface area contributed by atoms with Crippen LogP contribution in [0.5, 0.6) is 5.75 Å². The average Bonchev–Trinajstić information content (AvgIpc) is 3.21. The van der Waals surface area contributed by atoms with Gasteiger partial charge in [0.2, 0.25) is 10.0 Å². The summed E-state index contributed by atoms with van der Waals surface area (Å²) in [5.74, 6) is -1.73. The van der Waals surface area contributed by atoms with E-state index >= 15 is 0 Å². The smallest absolute Gasteiger partial charge is 0.410 e. The highest BCUT2D eigenvalue weighted by Crippen LogP contribution is 2.38. The van der Waals surface area contributed by atoms with Gasteiger partial charge in [-0.15, -0.1) is 0 Å². The number of halogens is 1. The summed E-state index contributed by atoms with van der Waals surface area (Å²) < 4.78 is 64.3. The van der Waals surface area contributed by atoms with Crippen LogP contribution in [0.4, 0.5) is 9.18 Å². The van der Waals surface area contributed by atoms with Crippen LogP contribution in [0.1, 0.15) is 25.3 Å². The summed E-state index contributed by atoms with van der Waals surface area (Å²) >= 11 is 0. The number of carbonyl (C=O) groups is 2. The first-order valence-corrected chi connectivity index (χ1v) is 13.8. The largest absolute Gasteiger partial charge is 0.486 e. The van der Waals surface area contributed by atoms with E-state index < -0.39 is 46.0 Å². The third kappa shape index (κ3) is 5.77. The van der Waals surface area contributed by atoms with E-state index in [9.17, 15) is 22.4 Å². The molecule has 0 saturated carbocycles. The molecule has 1 amide bonds. The van der Waals surface area contributed by atoms with Crippen LogP contribution in [0, 0.1) is 5.82 Å². The molecule has 0 N–H and O–H groups in total. The molecular formula is C26H31FN2O8S. The molecule has 2 aliphatic rings. The zero-order chi connectivity index (χ0) is 27.3. The lowest BCUT2D eigenvalue weighted by molar-refractivity contribution is -0.151. The minimum atomic E-state index is -4.34. The molecule has 2 aliphatic heterocycles. The van der Waals surface area contributed by atoms with E-state index in [1.807, 2.05) is 30.3 Å². The fourth-order valence-corrected chi connectivity index (χ4v) is 6.52. The lowest BCUT2D eigenvalue weighted by atomic mass is 10.1. The van der Waals surface area contributed by atoms with Crippen molar-refractivity contribution in [1.82, 2.24) is 9.21 Å². The number of ether oxygens (including phenoxy) is 4. The first-order valence-electron chi connectivity index (χ1n) is 12.4. The molecule has 0 spiro atoms. The topological polar surface area (TPSA) is 112 Å². The Labute approximate surface area is 221 Å². The number of benzene rings is 2. The van der Waals surface area contributed by atoms with Crippen LogP contribution >= 0.6 is 0 Å². The van der Waals surface area contributed by atoms with Gasteiger partial charge < -0.3 is 18.9 Å². The van der Waals surface area contributed by atoms with Crippen LogP contribution < -0.4 is 4.74 Å². The molecular weight excluding hydrogens is 519 g/mol. The van der Waals surface area contributed by atoms with E-state index in [1.54, 1.807) is 6.92 Å². The predicted octanol–water partition coefficient (Wildman–Crippen LogP) is 2.96. The van der Waals surface area contributed by atoms with E-state index in [1.165, 1.54) is 24.1 Å². The summed E-state index contributed by atoms with van der Waals surface area (Å²) in [6, 6.07) is 9.95. The summed E-state index contributed by atoms with van der Waals surface area (Å²) in [7, 11) is -2.86. The second kappa shape index (κ2) is 12.1. The van der Waals surface area contributed by atoms with Crippen LogP contribution in [-0.2, 0) is 35.6 Å². The first kappa shape index (κ1) is 27.8. The number of rotatable bonds is 10. The fourth-order valence-electron chi connectivity index (χ4n) is 4.87. The standard InChI is InChI=1S/C26H31FN2O8S/c1-3-35-25(30)24-22-11-9-19(29(22)26(31)36-14-13-34-2)16-28(24)38(32,33)20-10-12-23(21(27)15-20)37-17-18-7-5-4-6-8-18/h4-8,10,12,15,19,22,24H,3,9,11,13-14,16-17H2,1-2H3/t19-,22+,24+/m1/s1. The molecule has 206 valence electrons. The SMILES string of the molecule is CCOC(=O)[C@@H]1[C@@H]2CC[C@H](CN1S(=O)(=O)c1ccc(OCc3ccccc3)c(F)c1)N2C(=O)OCCOC. The highest BCUT2D eigenvalue weighted by Gasteiger charge is 2.55. The number of amides is 1.